The minimum atomic E-state index is 0.746. The Hall–Kier alpha value is -1.18. The lowest BCUT2D eigenvalue weighted by Crippen LogP contribution is -2.36. The number of hydrogen-bond acceptors (Lipinski definition) is 4. The number of nitriles is 1. The van der Waals surface area contributed by atoms with Gasteiger partial charge in [0.15, 0.2) is 0 Å². The first-order valence-electron chi connectivity index (χ1n) is 5.85. The summed E-state index contributed by atoms with van der Waals surface area (Å²) in [4.78, 5) is 3.32. The summed E-state index contributed by atoms with van der Waals surface area (Å²) < 4.78 is 5.34. The number of benzene rings is 1. The zero-order valence-electron chi connectivity index (χ0n) is 9.98. The fourth-order valence-corrected chi connectivity index (χ4v) is 2.76. The molecular formula is C13H16N2OS. The molecule has 0 amide bonds. The molecule has 0 bridgehead atoms. The molecule has 90 valence electrons. The van der Waals surface area contributed by atoms with Crippen LogP contribution in [0.2, 0.25) is 0 Å². The Labute approximate surface area is 106 Å². The number of ether oxygens (including phenoxy) is 1. The van der Waals surface area contributed by atoms with Crippen LogP contribution in [0.25, 0.3) is 0 Å². The van der Waals surface area contributed by atoms with Crippen molar-refractivity contribution in [1.82, 2.24) is 0 Å². The van der Waals surface area contributed by atoms with Gasteiger partial charge in [0.05, 0.1) is 24.5 Å². The molecule has 0 saturated carbocycles. The molecule has 17 heavy (non-hydrogen) atoms. The summed E-state index contributed by atoms with van der Waals surface area (Å²) >= 11 is 1.72. The molecule has 1 aliphatic heterocycles. The molecular weight excluding hydrogens is 232 g/mol. The zero-order valence-corrected chi connectivity index (χ0v) is 10.8. The highest BCUT2D eigenvalue weighted by molar-refractivity contribution is 7.99. The van der Waals surface area contributed by atoms with Crippen LogP contribution in [0.5, 0.6) is 0 Å². The van der Waals surface area contributed by atoms with Gasteiger partial charge in [0.2, 0.25) is 0 Å². The van der Waals surface area contributed by atoms with Gasteiger partial charge in [-0.1, -0.05) is 13.0 Å². The number of thioether (sulfide) groups is 1. The maximum absolute atomic E-state index is 9.34. The molecule has 0 radical (unpaired) electrons. The lowest BCUT2D eigenvalue weighted by atomic mass is 10.1. The Morgan fingerprint density at radius 1 is 1.41 bits per heavy atom. The van der Waals surface area contributed by atoms with Crippen LogP contribution in [-0.4, -0.2) is 32.1 Å². The van der Waals surface area contributed by atoms with Crippen molar-refractivity contribution in [2.75, 3.05) is 37.0 Å². The molecule has 1 heterocycles. The van der Waals surface area contributed by atoms with E-state index in [1.165, 1.54) is 0 Å². The highest BCUT2D eigenvalue weighted by Crippen LogP contribution is 2.30. The Morgan fingerprint density at radius 2 is 2.18 bits per heavy atom. The van der Waals surface area contributed by atoms with E-state index in [1.54, 1.807) is 11.8 Å². The van der Waals surface area contributed by atoms with E-state index in [2.05, 4.69) is 17.9 Å². The minimum absolute atomic E-state index is 0.746. The van der Waals surface area contributed by atoms with Gasteiger partial charge < -0.3 is 9.64 Å². The van der Waals surface area contributed by atoms with E-state index in [0.717, 1.165) is 48.2 Å². The fourth-order valence-electron chi connectivity index (χ4n) is 1.98. The molecule has 1 fully saturated rings. The molecule has 2 rings (SSSR count). The van der Waals surface area contributed by atoms with E-state index < -0.39 is 0 Å². The molecule has 1 saturated heterocycles. The zero-order chi connectivity index (χ0) is 12.1. The average molecular weight is 248 g/mol. The molecule has 0 atom stereocenters. The largest absolute Gasteiger partial charge is 0.378 e. The summed E-state index contributed by atoms with van der Waals surface area (Å²) in [5.41, 5.74) is 1.86. The second-order valence-corrected chi connectivity index (χ2v) is 5.10. The van der Waals surface area contributed by atoms with Crippen LogP contribution < -0.4 is 4.90 Å². The second kappa shape index (κ2) is 5.95. The molecule has 0 spiro atoms. The van der Waals surface area contributed by atoms with Gasteiger partial charge in [-0.2, -0.15) is 5.26 Å². The minimum Gasteiger partial charge on any atom is -0.378 e. The van der Waals surface area contributed by atoms with Crippen molar-refractivity contribution in [3.8, 4) is 6.07 Å². The molecule has 1 aromatic carbocycles. The number of rotatable bonds is 3. The van der Waals surface area contributed by atoms with Crippen molar-refractivity contribution >= 4 is 17.4 Å². The predicted molar refractivity (Wildman–Crippen MR) is 70.6 cm³/mol. The Kier molecular flexibility index (Phi) is 4.29. The Balaban J connectivity index is 2.32. The number of nitrogens with zero attached hydrogens (tertiary/aromatic N) is 2. The van der Waals surface area contributed by atoms with Crippen LogP contribution in [0.1, 0.15) is 12.5 Å². The van der Waals surface area contributed by atoms with Crippen molar-refractivity contribution in [3.63, 3.8) is 0 Å². The third-order valence-corrected chi connectivity index (χ3v) is 3.71. The molecule has 0 N–H and O–H groups in total. The first-order chi connectivity index (χ1) is 8.36. The van der Waals surface area contributed by atoms with Crippen molar-refractivity contribution in [1.29, 1.82) is 5.26 Å². The van der Waals surface area contributed by atoms with Gasteiger partial charge in [0, 0.05) is 18.0 Å². The van der Waals surface area contributed by atoms with Crippen molar-refractivity contribution < 1.29 is 4.74 Å². The van der Waals surface area contributed by atoms with Gasteiger partial charge >= 0.3 is 0 Å². The third-order valence-electron chi connectivity index (χ3n) is 2.77. The molecule has 1 aromatic rings. The smallest absolute Gasteiger partial charge is 0.103 e. The van der Waals surface area contributed by atoms with Gasteiger partial charge in [0.25, 0.3) is 0 Å². The van der Waals surface area contributed by atoms with Crippen molar-refractivity contribution in [2.24, 2.45) is 0 Å². The third kappa shape index (κ3) is 2.74. The fraction of sp³-hybridized carbons (Fsp3) is 0.462. The van der Waals surface area contributed by atoms with Crippen LogP contribution in [-0.2, 0) is 4.74 Å². The van der Waals surface area contributed by atoms with E-state index in [0.29, 0.717) is 0 Å². The van der Waals surface area contributed by atoms with E-state index >= 15 is 0 Å². The summed E-state index contributed by atoms with van der Waals surface area (Å²) in [7, 11) is 0. The summed E-state index contributed by atoms with van der Waals surface area (Å²) in [5, 5.41) is 9.34. The van der Waals surface area contributed by atoms with E-state index in [1.807, 2.05) is 18.2 Å². The van der Waals surface area contributed by atoms with Gasteiger partial charge in [-0.25, -0.2) is 0 Å². The molecule has 4 heteroatoms. The first-order valence-corrected chi connectivity index (χ1v) is 6.84. The van der Waals surface area contributed by atoms with Gasteiger partial charge in [-0.3, -0.25) is 0 Å². The van der Waals surface area contributed by atoms with E-state index in [-0.39, 0.29) is 0 Å². The molecule has 0 aromatic heterocycles. The molecule has 3 nitrogen and oxygen atoms in total. The first kappa shape index (κ1) is 12.3. The van der Waals surface area contributed by atoms with Gasteiger partial charge in [-0.05, 0) is 17.9 Å². The maximum Gasteiger partial charge on any atom is 0.103 e. The lowest BCUT2D eigenvalue weighted by Gasteiger charge is -2.30. The lowest BCUT2D eigenvalue weighted by molar-refractivity contribution is 0.122. The van der Waals surface area contributed by atoms with Crippen LogP contribution >= 0.6 is 11.8 Å². The summed E-state index contributed by atoms with van der Waals surface area (Å²) in [6.45, 7) is 5.34. The average Bonchev–Trinajstić information content (AvgIpc) is 2.40. The molecule has 0 aliphatic carbocycles. The van der Waals surface area contributed by atoms with E-state index in [9.17, 15) is 5.26 Å². The number of anilines is 1. The van der Waals surface area contributed by atoms with Crippen LogP contribution in [0, 0.1) is 11.3 Å². The summed E-state index contributed by atoms with van der Waals surface area (Å²) in [5.74, 6) is 0.987. The van der Waals surface area contributed by atoms with Crippen molar-refractivity contribution in [2.45, 2.75) is 11.8 Å². The monoisotopic (exact) mass is 248 g/mol. The Morgan fingerprint density at radius 3 is 2.82 bits per heavy atom. The second-order valence-electron chi connectivity index (χ2n) is 3.79. The van der Waals surface area contributed by atoms with E-state index in [4.69, 9.17) is 4.74 Å². The quantitative estimate of drug-likeness (QED) is 0.770. The SMILES string of the molecule is CCSc1cccc(N2CCOCC2)c1C#N. The molecule has 0 unspecified atom stereocenters. The van der Waals surface area contributed by atoms with Crippen LogP contribution in [0.15, 0.2) is 23.1 Å². The van der Waals surface area contributed by atoms with Crippen molar-refractivity contribution in [3.05, 3.63) is 23.8 Å². The summed E-state index contributed by atoms with van der Waals surface area (Å²) in [6.07, 6.45) is 0. The predicted octanol–water partition coefficient (Wildman–Crippen LogP) is 2.51. The number of hydrogen-bond donors (Lipinski definition) is 0. The highest BCUT2D eigenvalue weighted by atomic mass is 32.2. The van der Waals surface area contributed by atoms with Crippen LogP contribution in [0.3, 0.4) is 0 Å². The molecule has 1 aliphatic rings. The summed E-state index contributed by atoms with van der Waals surface area (Å²) in [6, 6.07) is 8.43. The normalized spacial score (nSPS) is 15.6. The van der Waals surface area contributed by atoms with Gasteiger partial charge in [-0.15, -0.1) is 11.8 Å². The topological polar surface area (TPSA) is 36.3 Å². The maximum atomic E-state index is 9.34. The van der Waals surface area contributed by atoms with Gasteiger partial charge in [0.1, 0.15) is 6.07 Å². The van der Waals surface area contributed by atoms with Crippen LogP contribution in [0.4, 0.5) is 5.69 Å². The Bertz CT molecular complexity index is 422. The standard InChI is InChI=1S/C13H16N2OS/c1-2-17-13-5-3-4-12(11(13)10-14)15-6-8-16-9-7-15/h3-5H,2,6-9H2,1H3. The highest BCUT2D eigenvalue weighted by Gasteiger charge is 2.16. The number of morpholine rings is 1.